The number of fused-ring (bicyclic) bond motifs is 1. The van der Waals surface area contributed by atoms with Crippen molar-refractivity contribution in [3.63, 3.8) is 0 Å². The van der Waals surface area contributed by atoms with E-state index in [9.17, 15) is 9.59 Å². The van der Waals surface area contributed by atoms with Gasteiger partial charge in [0.1, 0.15) is 6.10 Å². The molecule has 9 heteroatoms. The number of aliphatic hydroxyl groups excluding tert-OH is 2. The zero-order chi connectivity index (χ0) is 13.3. The standard InChI is InChI=1S/C9H11N5O4/c10-9-12-7-6(8(18)13-9)11-3-14(7)1-4(16)5(17)2-15/h3,5,15,17H,1-2H2,(H3,10,12,13,18). The lowest BCUT2D eigenvalue weighted by Gasteiger charge is -2.06. The Labute approximate surface area is 99.9 Å². The molecule has 0 aliphatic carbocycles. The van der Waals surface area contributed by atoms with E-state index in [1.165, 1.54) is 10.9 Å². The molecule has 0 radical (unpaired) electrons. The number of nitrogens with two attached hydrogens (primary N) is 1. The van der Waals surface area contributed by atoms with Crippen molar-refractivity contribution in [1.29, 1.82) is 0 Å². The van der Waals surface area contributed by atoms with Crippen LogP contribution in [-0.4, -0.2) is 48.2 Å². The first-order valence-corrected chi connectivity index (χ1v) is 5.05. The second-order valence-electron chi connectivity index (χ2n) is 3.66. The van der Waals surface area contributed by atoms with Crippen LogP contribution in [0.1, 0.15) is 0 Å². The highest BCUT2D eigenvalue weighted by Gasteiger charge is 2.17. The number of nitrogen functional groups attached to an aromatic ring is 1. The van der Waals surface area contributed by atoms with Crippen LogP contribution in [0, 0.1) is 0 Å². The number of imidazole rings is 1. The zero-order valence-corrected chi connectivity index (χ0v) is 9.20. The number of carbonyl (C=O) groups excluding carboxylic acids is 1. The molecular weight excluding hydrogens is 242 g/mol. The Morgan fingerprint density at radius 2 is 2.33 bits per heavy atom. The molecular formula is C9H11N5O4. The van der Waals surface area contributed by atoms with Crippen LogP contribution in [0.3, 0.4) is 0 Å². The molecule has 9 nitrogen and oxygen atoms in total. The number of aromatic amines is 1. The molecule has 5 N–H and O–H groups in total. The minimum Gasteiger partial charge on any atom is -0.393 e. The number of rotatable bonds is 4. The maximum atomic E-state index is 11.5. The van der Waals surface area contributed by atoms with Gasteiger partial charge in [-0.05, 0) is 0 Å². The SMILES string of the molecule is Nc1nc2c(ncn2CC(=O)C(O)CO)c(=O)[nH]1. The second-order valence-corrected chi connectivity index (χ2v) is 3.66. The number of aromatic nitrogens is 4. The summed E-state index contributed by atoms with van der Waals surface area (Å²) < 4.78 is 1.28. The van der Waals surface area contributed by atoms with Crippen molar-refractivity contribution in [2.24, 2.45) is 0 Å². The fourth-order valence-corrected chi connectivity index (χ4v) is 1.46. The summed E-state index contributed by atoms with van der Waals surface area (Å²) in [7, 11) is 0. The van der Waals surface area contributed by atoms with Gasteiger partial charge < -0.3 is 20.5 Å². The molecule has 2 aromatic heterocycles. The van der Waals surface area contributed by atoms with Crippen LogP contribution in [0.25, 0.3) is 11.2 Å². The minimum atomic E-state index is -1.47. The second kappa shape index (κ2) is 4.55. The van der Waals surface area contributed by atoms with Crippen molar-refractivity contribution in [3.05, 3.63) is 16.7 Å². The fourth-order valence-electron chi connectivity index (χ4n) is 1.46. The summed E-state index contributed by atoms with van der Waals surface area (Å²) in [5, 5.41) is 17.8. The highest BCUT2D eigenvalue weighted by Crippen LogP contribution is 2.06. The number of Topliss-reactive ketones (excluding diaryl/α,β-unsaturated/α-hetero) is 1. The molecule has 0 aliphatic rings. The third-order valence-electron chi connectivity index (χ3n) is 2.36. The number of H-pyrrole nitrogens is 1. The molecule has 96 valence electrons. The Morgan fingerprint density at radius 3 is 3.00 bits per heavy atom. The Bertz CT molecular complexity index is 646. The lowest BCUT2D eigenvalue weighted by molar-refractivity contribution is -0.129. The van der Waals surface area contributed by atoms with Crippen LogP contribution in [0.5, 0.6) is 0 Å². The minimum absolute atomic E-state index is 0.0514. The van der Waals surface area contributed by atoms with Gasteiger partial charge in [-0.2, -0.15) is 4.98 Å². The van der Waals surface area contributed by atoms with Gasteiger partial charge in [-0.25, -0.2) is 4.98 Å². The molecule has 0 saturated heterocycles. The first-order chi connectivity index (χ1) is 8.52. The van der Waals surface area contributed by atoms with Crippen molar-refractivity contribution >= 4 is 22.9 Å². The van der Waals surface area contributed by atoms with Crippen molar-refractivity contribution in [3.8, 4) is 0 Å². The van der Waals surface area contributed by atoms with Crippen LogP contribution in [-0.2, 0) is 11.3 Å². The summed E-state index contributed by atoms with van der Waals surface area (Å²) in [5.74, 6) is -0.707. The fraction of sp³-hybridized carbons (Fsp3) is 0.333. The third kappa shape index (κ3) is 2.08. The van der Waals surface area contributed by atoms with E-state index >= 15 is 0 Å². The summed E-state index contributed by atoms with van der Waals surface area (Å²) >= 11 is 0. The quantitative estimate of drug-likeness (QED) is 0.475. The maximum absolute atomic E-state index is 11.5. The van der Waals surface area contributed by atoms with Gasteiger partial charge in [-0.15, -0.1) is 0 Å². The van der Waals surface area contributed by atoms with E-state index in [-0.39, 0.29) is 23.7 Å². The number of nitrogens with zero attached hydrogens (tertiary/aromatic N) is 3. The first-order valence-electron chi connectivity index (χ1n) is 5.05. The number of hydrogen-bond acceptors (Lipinski definition) is 7. The molecule has 0 bridgehead atoms. The number of anilines is 1. The smallest absolute Gasteiger partial charge is 0.280 e. The summed E-state index contributed by atoms with van der Waals surface area (Å²) in [6.45, 7) is -0.921. The summed E-state index contributed by atoms with van der Waals surface area (Å²) in [6, 6.07) is 0. The number of hydrogen-bond donors (Lipinski definition) is 4. The molecule has 0 saturated carbocycles. The van der Waals surface area contributed by atoms with E-state index in [0.717, 1.165) is 0 Å². The normalized spacial score (nSPS) is 12.8. The molecule has 1 unspecified atom stereocenters. The Kier molecular flexibility index (Phi) is 3.08. The highest BCUT2D eigenvalue weighted by atomic mass is 16.3. The van der Waals surface area contributed by atoms with E-state index in [1.807, 2.05) is 0 Å². The van der Waals surface area contributed by atoms with Gasteiger partial charge in [-0.1, -0.05) is 0 Å². The molecule has 0 aliphatic heterocycles. The van der Waals surface area contributed by atoms with Crippen LogP contribution < -0.4 is 11.3 Å². The van der Waals surface area contributed by atoms with E-state index in [2.05, 4.69) is 15.0 Å². The number of carbonyl (C=O) groups is 1. The van der Waals surface area contributed by atoms with Crippen LogP contribution in [0.15, 0.2) is 11.1 Å². The van der Waals surface area contributed by atoms with Gasteiger partial charge in [0.2, 0.25) is 5.95 Å². The number of ketones is 1. The van der Waals surface area contributed by atoms with E-state index in [1.54, 1.807) is 0 Å². The van der Waals surface area contributed by atoms with E-state index in [0.29, 0.717) is 0 Å². The van der Waals surface area contributed by atoms with Crippen molar-refractivity contribution in [1.82, 2.24) is 19.5 Å². The number of nitrogens with one attached hydrogen (secondary N) is 1. The van der Waals surface area contributed by atoms with E-state index < -0.39 is 24.1 Å². The Morgan fingerprint density at radius 1 is 1.61 bits per heavy atom. The topological polar surface area (TPSA) is 147 Å². The first kappa shape index (κ1) is 12.2. The number of aliphatic hydroxyl groups is 2. The van der Waals surface area contributed by atoms with Crippen LogP contribution >= 0.6 is 0 Å². The average molecular weight is 253 g/mol. The van der Waals surface area contributed by atoms with Crippen LogP contribution in [0.2, 0.25) is 0 Å². The predicted molar refractivity (Wildman–Crippen MR) is 60.7 cm³/mol. The molecule has 0 spiro atoms. The predicted octanol–water partition coefficient (Wildman–Crippen LogP) is -2.38. The molecule has 1 atom stereocenters. The van der Waals surface area contributed by atoms with Gasteiger partial charge in [0, 0.05) is 0 Å². The van der Waals surface area contributed by atoms with Crippen molar-refractivity contribution in [2.45, 2.75) is 12.6 Å². The lowest BCUT2D eigenvalue weighted by Crippen LogP contribution is -2.28. The van der Waals surface area contributed by atoms with Gasteiger partial charge in [0.25, 0.3) is 5.56 Å². The van der Waals surface area contributed by atoms with E-state index in [4.69, 9.17) is 15.9 Å². The largest absolute Gasteiger partial charge is 0.393 e. The van der Waals surface area contributed by atoms with Crippen molar-refractivity contribution in [2.75, 3.05) is 12.3 Å². The zero-order valence-electron chi connectivity index (χ0n) is 9.20. The summed E-state index contributed by atoms with van der Waals surface area (Å²) in [4.78, 5) is 32.9. The Balaban J connectivity index is 2.41. The van der Waals surface area contributed by atoms with Crippen molar-refractivity contribution < 1.29 is 15.0 Å². The summed E-state index contributed by atoms with van der Waals surface area (Å²) in [5.41, 5.74) is 5.08. The molecule has 2 heterocycles. The molecule has 0 amide bonds. The average Bonchev–Trinajstić information content (AvgIpc) is 2.71. The molecule has 2 aromatic rings. The van der Waals surface area contributed by atoms with Gasteiger partial charge in [0.15, 0.2) is 16.9 Å². The molecule has 18 heavy (non-hydrogen) atoms. The third-order valence-corrected chi connectivity index (χ3v) is 2.36. The van der Waals surface area contributed by atoms with Crippen LogP contribution in [0.4, 0.5) is 5.95 Å². The molecule has 2 rings (SSSR count). The monoisotopic (exact) mass is 253 g/mol. The van der Waals surface area contributed by atoms with Gasteiger partial charge in [-0.3, -0.25) is 14.6 Å². The molecule has 0 aromatic carbocycles. The molecule has 0 fully saturated rings. The summed E-state index contributed by atoms with van der Waals surface area (Å²) in [6.07, 6.45) is -0.226. The van der Waals surface area contributed by atoms with Gasteiger partial charge in [0.05, 0.1) is 19.5 Å². The Hall–Kier alpha value is -2.26. The maximum Gasteiger partial charge on any atom is 0.280 e. The lowest BCUT2D eigenvalue weighted by atomic mass is 10.2. The van der Waals surface area contributed by atoms with Gasteiger partial charge >= 0.3 is 0 Å². The highest BCUT2D eigenvalue weighted by molar-refractivity contribution is 5.84.